The summed E-state index contributed by atoms with van der Waals surface area (Å²) in [4.78, 5) is 14.5. The van der Waals surface area contributed by atoms with Crippen molar-refractivity contribution in [3.05, 3.63) is 17.8 Å². The van der Waals surface area contributed by atoms with E-state index < -0.39 is 5.91 Å². The van der Waals surface area contributed by atoms with Gasteiger partial charge in [0.05, 0.1) is 19.2 Å². The van der Waals surface area contributed by atoms with E-state index in [4.69, 9.17) is 16.2 Å². The van der Waals surface area contributed by atoms with E-state index in [9.17, 15) is 4.79 Å². The number of methoxy groups -OCH3 is 1. The Morgan fingerprint density at radius 2 is 2.33 bits per heavy atom. The standard InChI is InChI=1S/C10H11N3O2/c1-15-10-6-5-7(11)8(13-10)3-2-4-9(12)14/h5-6H,4,11H2,1H3,(H2,12,14). The number of carbonyl (C=O) groups excluding carboxylic acids is 1. The van der Waals surface area contributed by atoms with Gasteiger partial charge in [-0.15, -0.1) is 0 Å². The Balaban J connectivity index is 2.91. The van der Waals surface area contributed by atoms with Crippen molar-refractivity contribution in [3.63, 3.8) is 0 Å². The number of rotatable bonds is 2. The van der Waals surface area contributed by atoms with Gasteiger partial charge in [0.15, 0.2) is 0 Å². The largest absolute Gasteiger partial charge is 0.481 e. The Hall–Kier alpha value is -2.22. The summed E-state index contributed by atoms with van der Waals surface area (Å²) < 4.78 is 4.91. The van der Waals surface area contributed by atoms with Crippen LogP contribution in [0.25, 0.3) is 0 Å². The van der Waals surface area contributed by atoms with Crippen molar-refractivity contribution in [1.29, 1.82) is 0 Å². The van der Waals surface area contributed by atoms with Gasteiger partial charge in [0.1, 0.15) is 5.69 Å². The minimum Gasteiger partial charge on any atom is -0.481 e. The highest BCUT2D eigenvalue weighted by atomic mass is 16.5. The van der Waals surface area contributed by atoms with E-state index in [0.717, 1.165) is 0 Å². The zero-order chi connectivity index (χ0) is 11.3. The van der Waals surface area contributed by atoms with Crippen molar-refractivity contribution in [3.8, 4) is 17.7 Å². The monoisotopic (exact) mass is 205 g/mol. The summed E-state index contributed by atoms with van der Waals surface area (Å²) in [6.45, 7) is 0. The van der Waals surface area contributed by atoms with Gasteiger partial charge in [-0.3, -0.25) is 4.79 Å². The molecule has 0 saturated carbocycles. The fourth-order valence-corrected chi connectivity index (χ4v) is 0.881. The molecule has 1 aromatic heterocycles. The van der Waals surface area contributed by atoms with E-state index in [1.165, 1.54) is 7.11 Å². The number of aromatic nitrogens is 1. The third kappa shape index (κ3) is 3.19. The number of nitrogens with two attached hydrogens (primary N) is 2. The highest BCUT2D eigenvalue weighted by molar-refractivity contribution is 5.76. The lowest BCUT2D eigenvalue weighted by Gasteiger charge is -2.00. The minimum absolute atomic E-state index is 0.0155. The average molecular weight is 205 g/mol. The third-order valence-electron chi connectivity index (χ3n) is 1.58. The molecule has 0 aliphatic rings. The predicted octanol–water partition coefficient (Wildman–Crippen LogP) is -0.101. The van der Waals surface area contributed by atoms with Gasteiger partial charge in [-0.2, -0.15) is 0 Å². The van der Waals surface area contributed by atoms with Crippen LogP contribution in [0.3, 0.4) is 0 Å². The Bertz CT molecular complexity index is 432. The zero-order valence-electron chi connectivity index (χ0n) is 8.28. The predicted molar refractivity (Wildman–Crippen MR) is 55.9 cm³/mol. The van der Waals surface area contributed by atoms with E-state index in [-0.39, 0.29) is 6.42 Å². The van der Waals surface area contributed by atoms with Crippen LogP contribution in [0.5, 0.6) is 5.88 Å². The molecule has 0 fully saturated rings. The molecule has 1 amide bonds. The second kappa shape index (κ2) is 4.86. The Morgan fingerprint density at radius 1 is 1.60 bits per heavy atom. The van der Waals surface area contributed by atoms with Gasteiger partial charge < -0.3 is 16.2 Å². The number of hydrogen-bond donors (Lipinski definition) is 2. The number of hydrogen-bond acceptors (Lipinski definition) is 4. The number of anilines is 1. The third-order valence-corrected chi connectivity index (χ3v) is 1.58. The number of carbonyl (C=O) groups is 1. The van der Waals surface area contributed by atoms with Crippen LogP contribution < -0.4 is 16.2 Å². The molecule has 5 nitrogen and oxygen atoms in total. The van der Waals surface area contributed by atoms with Gasteiger partial charge in [-0.25, -0.2) is 4.98 Å². The van der Waals surface area contributed by atoms with Gasteiger partial charge in [-0.1, -0.05) is 5.92 Å². The molecule has 5 heteroatoms. The van der Waals surface area contributed by atoms with Crippen LogP contribution in [0.1, 0.15) is 12.1 Å². The maximum Gasteiger partial charge on any atom is 0.229 e. The molecule has 0 bridgehead atoms. The summed E-state index contributed by atoms with van der Waals surface area (Å²) >= 11 is 0. The molecule has 15 heavy (non-hydrogen) atoms. The number of amides is 1. The van der Waals surface area contributed by atoms with Crippen LogP contribution in [0.2, 0.25) is 0 Å². The SMILES string of the molecule is COc1ccc(N)c(C#CCC(N)=O)n1. The van der Waals surface area contributed by atoms with Gasteiger partial charge in [-0.05, 0) is 12.0 Å². The molecule has 0 unspecified atom stereocenters. The molecule has 0 aromatic carbocycles. The minimum atomic E-state index is -0.482. The first kappa shape index (κ1) is 10.9. The summed E-state index contributed by atoms with van der Waals surface area (Å²) in [6.07, 6.45) is -0.0155. The van der Waals surface area contributed by atoms with E-state index in [2.05, 4.69) is 16.8 Å². The van der Waals surface area contributed by atoms with Crippen LogP contribution >= 0.6 is 0 Å². The first-order chi connectivity index (χ1) is 7.13. The highest BCUT2D eigenvalue weighted by Gasteiger charge is 1.99. The number of nitrogens with zero attached hydrogens (tertiary/aromatic N) is 1. The summed E-state index contributed by atoms with van der Waals surface area (Å²) in [5.41, 5.74) is 11.4. The van der Waals surface area contributed by atoms with Crippen LogP contribution in [0.15, 0.2) is 12.1 Å². The van der Waals surface area contributed by atoms with Crippen LogP contribution in [-0.2, 0) is 4.79 Å². The molecule has 0 atom stereocenters. The fraction of sp³-hybridized carbons (Fsp3) is 0.200. The normalized spacial score (nSPS) is 8.87. The van der Waals surface area contributed by atoms with Crippen molar-refractivity contribution < 1.29 is 9.53 Å². The van der Waals surface area contributed by atoms with E-state index in [1.54, 1.807) is 12.1 Å². The molecule has 0 saturated heterocycles. The molecule has 0 aliphatic carbocycles. The summed E-state index contributed by atoms with van der Waals surface area (Å²) in [5, 5.41) is 0. The topological polar surface area (TPSA) is 91.2 Å². The number of ether oxygens (including phenoxy) is 1. The highest BCUT2D eigenvalue weighted by Crippen LogP contribution is 2.13. The van der Waals surface area contributed by atoms with Crippen molar-refractivity contribution in [2.24, 2.45) is 5.73 Å². The molecule has 4 N–H and O–H groups in total. The molecular formula is C10H11N3O2. The van der Waals surface area contributed by atoms with Crippen molar-refractivity contribution in [1.82, 2.24) is 4.98 Å². The van der Waals surface area contributed by atoms with Gasteiger partial charge in [0.2, 0.25) is 11.8 Å². The molecule has 1 aromatic rings. The van der Waals surface area contributed by atoms with Crippen molar-refractivity contribution in [2.45, 2.75) is 6.42 Å². The lowest BCUT2D eigenvalue weighted by Crippen LogP contribution is -2.08. The molecule has 0 aliphatic heterocycles. The zero-order valence-corrected chi connectivity index (χ0v) is 8.28. The number of pyridine rings is 1. The van der Waals surface area contributed by atoms with Crippen molar-refractivity contribution >= 4 is 11.6 Å². The van der Waals surface area contributed by atoms with Crippen molar-refractivity contribution in [2.75, 3.05) is 12.8 Å². The molecule has 0 radical (unpaired) electrons. The summed E-state index contributed by atoms with van der Waals surface area (Å²) in [6, 6.07) is 3.27. The van der Waals surface area contributed by atoms with Gasteiger partial charge in [0.25, 0.3) is 0 Å². The van der Waals surface area contributed by atoms with Crippen LogP contribution in [0, 0.1) is 11.8 Å². The number of primary amides is 1. The smallest absolute Gasteiger partial charge is 0.229 e. The van der Waals surface area contributed by atoms with E-state index in [1.807, 2.05) is 0 Å². The first-order valence-corrected chi connectivity index (χ1v) is 4.21. The molecule has 1 rings (SSSR count). The summed E-state index contributed by atoms with van der Waals surface area (Å²) in [7, 11) is 1.50. The average Bonchev–Trinajstić information content (AvgIpc) is 2.20. The second-order valence-electron chi connectivity index (χ2n) is 2.74. The van der Waals surface area contributed by atoms with Gasteiger partial charge in [0, 0.05) is 6.07 Å². The Morgan fingerprint density at radius 3 is 2.93 bits per heavy atom. The first-order valence-electron chi connectivity index (χ1n) is 4.21. The Labute approximate surface area is 87.4 Å². The summed E-state index contributed by atoms with van der Waals surface area (Å²) in [5.74, 6) is 5.16. The van der Waals surface area contributed by atoms with Gasteiger partial charge >= 0.3 is 0 Å². The quantitative estimate of drug-likeness (QED) is 0.659. The Kier molecular flexibility index (Phi) is 3.52. The molecular weight excluding hydrogens is 194 g/mol. The maximum absolute atomic E-state index is 10.4. The maximum atomic E-state index is 10.4. The molecule has 1 heterocycles. The van der Waals surface area contributed by atoms with Crippen LogP contribution in [0.4, 0.5) is 5.69 Å². The lowest BCUT2D eigenvalue weighted by molar-refractivity contribution is -0.117. The fourth-order valence-electron chi connectivity index (χ4n) is 0.881. The van der Waals surface area contributed by atoms with E-state index >= 15 is 0 Å². The number of nitrogen functional groups attached to an aromatic ring is 1. The lowest BCUT2D eigenvalue weighted by atomic mass is 10.3. The second-order valence-corrected chi connectivity index (χ2v) is 2.74. The molecule has 0 spiro atoms. The molecule has 78 valence electrons. The van der Waals surface area contributed by atoms with E-state index in [0.29, 0.717) is 17.3 Å². The van der Waals surface area contributed by atoms with Crippen LogP contribution in [-0.4, -0.2) is 18.0 Å².